The highest BCUT2D eigenvalue weighted by molar-refractivity contribution is 5.04. The third-order valence-corrected chi connectivity index (χ3v) is 3.93. The highest BCUT2D eigenvalue weighted by atomic mass is 16.6. The van der Waals surface area contributed by atoms with Crippen LogP contribution in [-0.2, 0) is 16.0 Å². The molecule has 0 unspecified atom stereocenters. The fourth-order valence-electron chi connectivity index (χ4n) is 3.00. The molecule has 2 atom stereocenters. The van der Waals surface area contributed by atoms with E-state index in [1.165, 1.54) is 0 Å². The molecule has 104 valence electrons. The van der Waals surface area contributed by atoms with Gasteiger partial charge in [0.1, 0.15) is 11.9 Å². The van der Waals surface area contributed by atoms with E-state index in [9.17, 15) is 0 Å². The topological polar surface area (TPSA) is 47.5 Å². The lowest BCUT2D eigenvalue weighted by Crippen LogP contribution is -2.55. The first-order valence-corrected chi connectivity index (χ1v) is 7.01. The van der Waals surface area contributed by atoms with Gasteiger partial charge in [0.05, 0.1) is 12.7 Å². The predicted octanol–water partition coefficient (Wildman–Crippen LogP) is 1.25. The molecule has 0 amide bonds. The van der Waals surface area contributed by atoms with Crippen molar-refractivity contribution in [3.63, 3.8) is 0 Å². The van der Waals surface area contributed by atoms with Crippen molar-refractivity contribution in [3.8, 4) is 0 Å². The molecule has 3 heterocycles. The Balaban J connectivity index is 1.70. The summed E-state index contributed by atoms with van der Waals surface area (Å²) in [5, 5.41) is 0. The van der Waals surface area contributed by atoms with Crippen LogP contribution in [-0.4, -0.2) is 52.9 Å². The highest BCUT2D eigenvalue weighted by Gasteiger charge is 2.43. The molecule has 5 heteroatoms. The minimum absolute atomic E-state index is 0.0887. The molecule has 2 aliphatic rings. The monoisotopic (exact) mass is 263 g/mol. The molecule has 0 aliphatic carbocycles. The fraction of sp³-hybridized carbons (Fsp3) is 0.714. The van der Waals surface area contributed by atoms with Crippen LogP contribution in [0.5, 0.6) is 0 Å². The number of nitrogens with zero attached hydrogens (tertiary/aromatic N) is 3. The van der Waals surface area contributed by atoms with Crippen LogP contribution in [0.25, 0.3) is 0 Å². The molecule has 5 nitrogen and oxygen atoms in total. The molecule has 2 saturated heterocycles. The summed E-state index contributed by atoms with van der Waals surface area (Å²) in [5.74, 6) is 0. The van der Waals surface area contributed by atoms with E-state index >= 15 is 0 Å². The van der Waals surface area contributed by atoms with Gasteiger partial charge in [-0.2, -0.15) is 0 Å². The number of ether oxygens (including phenoxy) is 2. The summed E-state index contributed by atoms with van der Waals surface area (Å²) in [5.41, 5.74) is 1.07. The first-order chi connectivity index (χ1) is 9.30. The van der Waals surface area contributed by atoms with Crippen LogP contribution < -0.4 is 0 Å². The molecule has 2 aliphatic heterocycles. The Labute approximate surface area is 113 Å². The van der Waals surface area contributed by atoms with Crippen LogP contribution in [0.4, 0.5) is 0 Å². The SMILES string of the molecule is CC[C@@H]1CN(Cc2cncnc2)C[C@]2(CCOC2)O1. The second-order valence-electron chi connectivity index (χ2n) is 5.55. The molecular formula is C14H21N3O2. The largest absolute Gasteiger partial charge is 0.378 e. The van der Waals surface area contributed by atoms with E-state index in [0.717, 1.165) is 51.3 Å². The summed E-state index contributed by atoms with van der Waals surface area (Å²) >= 11 is 0. The standard InChI is InChI=1S/C14H21N3O2/c1-2-13-8-17(7-12-5-15-11-16-6-12)9-14(19-13)3-4-18-10-14/h5-6,11,13H,2-4,7-10H2,1H3/t13-,14+/m1/s1. The van der Waals surface area contributed by atoms with E-state index in [2.05, 4.69) is 21.8 Å². The number of hydrogen-bond acceptors (Lipinski definition) is 5. The zero-order valence-corrected chi connectivity index (χ0v) is 11.4. The number of morpholine rings is 1. The number of aromatic nitrogens is 2. The Hall–Kier alpha value is -1.04. The average molecular weight is 263 g/mol. The summed E-state index contributed by atoms with van der Waals surface area (Å²) in [6.07, 6.45) is 7.71. The predicted molar refractivity (Wildman–Crippen MR) is 70.6 cm³/mol. The number of rotatable bonds is 3. The van der Waals surface area contributed by atoms with Crippen LogP contribution >= 0.6 is 0 Å². The maximum atomic E-state index is 6.25. The second kappa shape index (κ2) is 5.53. The molecule has 3 rings (SSSR count). The molecule has 0 bridgehead atoms. The van der Waals surface area contributed by atoms with Gasteiger partial charge >= 0.3 is 0 Å². The van der Waals surface area contributed by atoms with Crippen molar-refractivity contribution in [1.29, 1.82) is 0 Å². The van der Waals surface area contributed by atoms with Crippen molar-refractivity contribution >= 4 is 0 Å². The van der Waals surface area contributed by atoms with Crippen LogP contribution in [0.15, 0.2) is 18.7 Å². The smallest absolute Gasteiger partial charge is 0.115 e. The summed E-state index contributed by atoms with van der Waals surface area (Å²) in [6.45, 7) is 6.54. The van der Waals surface area contributed by atoms with Crippen molar-refractivity contribution in [1.82, 2.24) is 14.9 Å². The van der Waals surface area contributed by atoms with Gasteiger partial charge in [0.2, 0.25) is 0 Å². The fourth-order valence-corrected chi connectivity index (χ4v) is 3.00. The third-order valence-electron chi connectivity index (χ3n) is 3.93. The Morgan fingerprint density at radius 2 is 2.26 bits per heavy atom. The molecular weight excluding hydrogens is 242 g/mol. The van der Waals surface area contributed by atoms with Gasteiger partial charge in [0, 0.05) is 50.6 Å². The van der Waals surface area contributed by atoms with E-state index in [0.29, 0.717) is 6.10 Å². The van der Waals surface area contributed by atoms with Crippen LogP contribution in [0.2, 0.25) is 0 Å². The molecule has 0 N–H and O–H groups in total. The van der Waals surface area contributed by atoms with E-state index in [-0.39, 0.29) is 5.60 Å². The Kier molecular flexibility index (Phi) is 3.77. The van der Waals surface area contributed by atoms with Gasteiger partial charge in [-0.15, -0.1) is 0 Å². The Morgan fingerprint density at radius 1 is 1.42 bits per heavy atom. The minimum Gasteiger partial charge on any atom is -0.378 e. The number of hydrogen-bond donors (Lipinski definition) is 0. The van der Waals surface area contributed by atoms with Gasteiger partial charge in [-0.3, -0.25) is 4.90 Å². The van der Waals surface area contributed by atoms with Crippen molar-refractivity contribution < 1.29 is 9.47 Å². The molecule has 0 aromatic carbocycles. The summed E-state index contributed by atoms with van der Waals surface area (Å²) in [7, 11) is 0. The zero-order valence-electron chi connectivity index (χ0n) is 11.4. The highest BCUT2D eigenvalue weighted by Crippen LogP contribution is 2.31. The maximum absolute atomic E-state index is 6.25. The molecule has 1 aromatic rings. The second-order valence-corrected chi connectivity index (χ2v) is 5.55. The Morgan fingerprint density at radius 3 is 2.95 bits per heavy atom. The van der Waals surface area contributed by atoms with E-state index in [1.54, 1.807) is 6.33 Å². The first kappa shape index (κ1) is 13.0. The van der Waals surface area contributed by atoms with Gasteiger partial charge in [0.15, 0.2) is 0 Å². The third kappa shape index (κ3) is 2.94. The van der Waals surface area contributed by atoms with E-state index in [4.69, 9.17) is 9.47 Å². The van der Waals surface area contributed by atoms with Crippen molar-refractivity contribution in [3.05, 3.63) is 24.3 Å². The molecule has 0 radical (unpaired) electrons. The van der Waals surface area contributed by atoms with Crippen LogP contribution in [0.1, 0.15) is 25.3 Å². The van der Waals surface area contributed by atoms with Crippen molar-refractivity contribution in [2.24, 2.45) is 0 Å². The average Bonchev–Trinajstić information content (AvgIpc) is 2.87. The van der Waals surface area contributed by atoms with Gasteiger partial charge in [-0.25, -0.2) is 9.97 Å². The molecule has 1 aromatic heterocycles. The quantitative estimate of drug-likeness (QED) is 0.821. The Bertz CT molecular complexity index is 406. The maximum Gasteiger partial charge on any atom is 0.115 e. The van der Waals surface area contributed by atoms with Gasteiger partial charge in [0.25, 0.3) is 0 Å². The lowest BCUT2D eigenvalue weighted by molar-refractivity contribution is -0.156. The zero-order chi connectivity index (χ0) is 13.1. The van der Waals surface area contributed by atoms with Crippen LogP contribution in [0.3, 0.4) is 0 Å². The minimum atomic E-state index is -0.0887. The summed E-state index contributed by atoms with van der Waals surface area (Å²) < 4.78 is 11.8. The first-order valence-electron chi connectivity index (χ1n) is 7.01. The lowest BCUT2D eigenvalue weighted by atomic mass is 9.98. The van der Waals surface area contributed by atoms with Crippen LogP contribution in [0, 0.1) is 0 Å². The summed E-state index contributed by atoms with van der Waals surface area (Å²) in [4.78, 5) is 10.6. The summed E-state index contributed by atoms with van der Waals surface area (Å²) in [6, 6.07) is 0. The normalized spacial score (nSPS) is 31.9. The molecule has 2 fully saturated rings. The lowest BCUT2D eigenvalue weighted by Gasteiger charge is -2.43. The van der Waals surface area contributed by atoms with Crippen molar-refractivity contribution in [2.75, 3.05) is 26.3 Å². The molecule has 19 heavy (non-hydrogen) atoms. The van der Waals surface area contributed by atoms with Crippen molar-refractivity contribution in [2.45, 2.75) is 38.0 Å². The van der Waals surface area contributed by atoms with E-state index in [1.807, 2.05) is 12.4 Å². The van der Waals surface area contributed by atoms with E-state index < -0.39 is 0 Å². The van der Waals surface area contributed by atoms with Gasteiger partial charge in [-0.05, 0) is 6.42 Å². The molecule has 1 spiro atoms. The molecule has 0 saturated carbocycles. The van der Waals surface area contributed by atoms with Gasteiger partial charge in [-0.1, -0.05) is 6.92 Å². The van der Waals surface area contributed by atoms with Gasteiger partial charge < -0.3 is 9.47 Å².